The van der Waals surface area contributed by atoms with Crippen molar-refractivity contribution in [2.45, 2.75) is 6.18 Å². The molecule has 1 heterocycles. The molecule has 0 bridgehead atoms. The van der Waals surface area contributed by atoms with Crippen molar-refractivity contribution in [1.29, 1.82) is 0 Å². The molecule has 4 rings (SSSR count). The van der Waals surface area contributed by atoms with Gasteiger partial charge >= 0.3 is 12.1 Å². The Morgan fingerprint density at radius 2 is 1.69 bits per heavy atom. The van der Waals surface area contributed by atoms with Crippen molar-refractivity contribution in [3.8, 4) is 17.0 Å². The SMILES string of the molecule is O=C(O)c1cc(/C=C/c2ccccc2-c2ccnc(Nc3ccc(C(F)(F)F)cc3)n2)ccc1O. The van der Waals surface area contributed by atoms with Crippen LogP contribution in [0.5, 0.6) is 5.75 Å². The fraction of sp³-hybridized carbons (Fsp3) is 0.0385. The second kappa shape index (κ2) is 9.68. The van der Waals surface area contributed by atoms with E-state index in [0.717, 1.165) is 23.3 Å². The van der Waals surface area contributed by atoms with Crippen LogP contribution < -0.4 is 5.32 Å². The van der Waals surface area contributed by atoms with Crippen LogP contribution in [-0.2, 0) is 6.18 Å². The molecule has 3 aromatic carbocycles. The molecule has 176 valence electrons. The standard InChI is InChI=1S/C26H18F3N3O3/c27-26(28,29)18-8-10-19(11-9-18)31-25-30-14-13-22(32-25)20-4-2-1-3-17(20)7-5-16-6-12-23(33)21(15-16)24(34)35/h1-15,33H,(H,34,35)(H,30,31,32)/b7-5+. The number of aromatic hydroxyl groups is 1. The van der Waals surface area contributed by atoms with E-state index in [4.69, 9.17) is 0 Å². The number of anilines is 2. The molecule has 0 aliphatic heterocycles. The van der Waals surface area contributed by atoms with E-state index < -0.39 is 17.7 Å². The topological polar surface area (TPSA) is 95.3 Å². The molecule has 3 N–H and O–H groups in total. The zero-order valence-electron chi connectivity index (χ0n) is 18.0. The van der Waals surface area contributed by atoms with Crippen molar-refractivity contribution < 1.29 is 28.2 Å². The summed E-state index contributed by atoms with van der Waals surface area (Å²) in [4.78, 5) is 19.9. The van der Waals surface area contributed by atoms with Gasteiger partial charge in [-0.05, 0) is 53.6 Å². The number of rotatable bonds is 6. The predicted octanol–water partition coefficient (Wildman–Crippen LogP) is 6.48. The van der Waals surface area contributed by atoms with Gasteiger partial charge in [-0.15, -0.1) is 0 Å². The van der Waals surface area contributed by atoms with Crippen molar-refractivity contribution >= 4 is 29.8 Å². The van der Waals surface area contributed by atoms with Crippen LogP contribution in [0, 0.1) is 0 Å². The zero-order chi connectivity index (χ0) is 25.0. The van der Waals surface area contributed by atoms with Gasteiger partial charge in [-0.2, -0.15) is 13.2 Å². The van der Waals surface area contributed by atoms with Gasteiger partial charge < -0.3 is 15.5 Å². The molecule has 35 heavy (non-hydrogen) atoms. The first-order chi connectivity index (χ1) is 16.7. The van der Waals surface area contributed by atoms with E-state index in [-0.39, 0.29) is 17.3 Å². The predicted molar refractivity (Wildman–Crippen MR) is 126 cm³/mol. The Bertz CT molecular complexity index is 1400. The van der Waals surface area contributed by atoms with Crippen molar-refractivity contribution in [3.05, 3.63) is 101 Å². The summed E-state index contributed by atoms with van der Waals surface area (Å²) in [5.74, 6) is -1.33. The van der Waals surface area contributed by atoms with Crippen LogP contribution in [0.15, 0.2) is 79.0 Å². The maximum absolute atomic E-state index is 12.8. The summed E-state index contributed by atoms with van der Waals surface area (Å²) in [6.07, 6.45) is 0.627. The molecule has 0 atom stereocenters. The first kappa shape index (κ1) is 23.5. The molecule has 0 spiro atoms. The van der Waals surface area contributed by atoms with Crippen LogP contribution in [0.1, 0.15) is 27.0 Å². The Morgan fingerprint density at radius 3 is 2.40 bits per heavy atom. The minimum atomic E-state index is -4.42. The molecular formula is C26H18F3N3O3. The molecule has 9 heteroatoms. The number of alkyl halides is 3. The maximum Gasteiger partial charge on any atom is 0.416 e. The van der Waals surface area contributed by atoms with Crippen molar-refractivity contribution in [1.82, 2.24) is 9.97 Å². The third kappa shape index (κ3) is 5.64. The number of hydrogen-bond acceptors (Lipinski definition) is 5. The van der Waals surface area contributed by atoms with Gasteiger partial charge in [0.1, 0.15) is 11.3 Å². The Labute approximate surface area is 198 Å². The third-order valence-electron chi connectivity index (χ3n) is 5.07. The molecule has 0 aliphatic rings. The lowest BCUT2D eigenvalue weighted by molar-refractivity contribution is -0.137. The van der Waals surface area contributed by atoms with Gasteiger partial charge in [-0.3, -0.25) is 0 Å². The summed E-state index contributed by atoms with van der Waals surface area (Å²) in [6.45, 7) is 0. The van der Waals surface area contributed by atoms with Gasteiger partial charge in [0.15, 0.2) is 0 Å². The van der Waals surface area contributed by atoms with Gasteiger partial charge in [0, 0.05) is 17.4 Å². The van der Waals surface area contributed by atoms with Gasteiger partial charge in [0.05, 0.1) is 11.3 Å². The number of carboxylic acid groups (broad SMARTS) is 1. The molecule has 4 aromatic rings. The summed E-state index contributed by atoms with van der Waals surface area (Å²) >= 11 is 0. The molecule has 1 aromatic heterocycles. The Balaban J connectivity index is 1.59. The fourth-order valence-electron chi connectivity index (χ4n) is 3.33. The smallest absolute Gasteiger partial charge is 0.416 e. The van der Waals surface area contributed by atoms with E-state index >= 15 is 0 Å². The lowest BCUT2D eigenvalue weighted by Gasteiger charge is -2.10. The van der Waals surface area contributed by atoms with Crippen LogP contribution in [0.3, 0.4) is 0 Å². The van der Waals surface area contributed by atoms with E-state index in [1.807, 2.05) is 24.3 Å². The second-order valence-corrected chi connectivity index (χ2v) is 7.47. The van der Waals surface area contributed by atoms with E-state index in [2.05, 4.69) is 15.3 Å². The van der Waals surface area contributed by atoms with E-state index in [1.165, 1.54) is 30.5 Å². The lowest BCUT2D eigenvalue weighted by Crippen LogP contribution is -2.05. The second-order valence-electron chi connectivity index (χ2n) is 7.47. The number of carboxylic acids is 1. The first-order valence-corrected chi connectivity index (χ1v) is 10.3. The summed E-state index contributed by atoms with van der Waals surface area (Å²) in [7, 11) is 0. The number of aromatic nitrogens is 2. The van der Waals surface area contributed by atoms with E-state index in [0.29, 0.717) is 16.9 Å². The normalized spacial score (nSPS) is 11.5. The van der Waals surface area contributed by atoms with E-state index in [9.17, 15) is 28.2 Å². The van der Waals surface area contributed by atoms with Gasteiger partial charge in [-0.25, -0.2) is 14.8 Å². The minimum absolute atomic E-state index is 0.199. The Kier molecular flexibility index (Phi) is 6.50. The van der Waals surface area contributed by atoms with Crippen LogP contribution in [0.4, 0.5) is 24.8 Å². The maximum atomic E-state index is 12.8. The quantitative estimate of drug-likeness (QED) is 0.275. The first-order valence-electron chi connectivity index (χ1n) is 10.3. The number of benzene rings is 3. The molecule has 6 nitrogen and oxygen atoms in total. The summed E-state index contributed by atoms with van der Waals surface area (Å²) < 4.78 is 38.3. The van der Waals surface area contributed by atoms with Gasteiger partial charge in [-0.1, -0.05) is 42.5 Å². The van der Waals surface area contributed by atoms with E-state index in [1.54, 1.807) is 24.3 Å². The molecule has 0 amide bonds. The number of halogens is 3. The van der Waals surface area contributed by atoms with Crippen molar-refractivity contribution in [2.24, 2.45) is 0 Å². The van der Waals surface area contributed by atoms with Crippen LogP contribution in [0.2, 0.25) is 0 Å². The third-order valence-corrected chi connectivity index (χ3v) is 5.07. The summed E-state index contributed by atoms with van der Waals surface area (Å²) in [6, 6.07) is 17.9. The number of phenols is 1. The lowest BCUT2D eigenvalue weighted by atomic mass is 10.0. The largest absolute Gasteiger partial charge is 0.507 e. The van der Waals surface area contributed by atoms with Crippen LogP contribution in [-0.4, -0.2) is 26.2 Å². The monoisotopic (exact) mass is 477 g/mol. The minimum Gasteiger partial charge on any atom is -0.507 e. The molecule has 0 unspecified atom stereocenters. The Morgan fingerprint density at radius 1 is 0.943 bits per heavy atom. The molecule has 0 saturated carbocycles. The zero-order valence-corrected chi connectivity index (χ0v) is 18.0. The molecule has 0 radical (unpaired) electrons. The highest BCUT2D eigenvalue weighted by Gasteiger charge is 2.29. The number of aromatic carboxylic acids is 1. The molecule has 0 saturated heterocycles. The summed E-state index contributed by atoms with van der Waals surface area (Å²) in [5.41, 5.74) is 2.17. The van der Waals surface area contributed by atoms with Crippen LogP contribution >= 0.6 is 0 Å². The highest BCUT2D eigenvalue weighted by atomic mass is 19.4. The average Bonchev–Trinajstić information content (AvgIpc) is 2.83. The van der Waals surface area contributed by atoms with Crippen molar-refractivity contribution in [3.63, 3.8) is 0 Å². The molecular weight excluding hydrogens is 459 g/mol. The summed E-state index contributed by atoms with van der Waals surface area (Å²) in [5, 5.41) is 21.8. The Hall–Kier alpha value is -4.66. The highest BCUT2D eigenvalue weighted by Crippen LogP contribution is 2.30. The van der Waals surface area contributed by atoms with Crippen LogP contribution in [0.25, 0.3) is 23.4 Å². The molecule has 0 fully saturated rings. The number of carbonyl (C=O) groups is 1. The number of nitrogens with one attached hydrogen (secondary N) is 1. The van der Waals surface area contributed by atoms with Gasteiger partial charge in [0.2, 0.25) is 5.95 Å². The fourth-order valence-corrected chi connectivity index (χ4v) is 3.33. The molecule has 0 aliphatic carbocycles. The average molecular weight is 477 g/mol. The number of hydrogen-bond donors (Lipinski definition) is 3. The number of nitrogens with zero attached hydrogens (tertiary/aromatic N) is 2. The van der Waals surface area contributed by atoms with Crippen molar-refractivity contribution in [2.75, 3.05) is 5.32 Å². The highest BCUT2D eigenvalue weighted by molar-refractivity contribution is 5.92. The van der Waals surface area contributed by atoms with Gasteiger partial charge in [0.25, 0.3) is 0 Å².